The topological polar surface area (TPSA) is 29.5 Å². The van der Waals surface area contributed by atoms with Gasteiger partial charge in [0.05, 0.1) is 17.7 Å². The number of hydrogen-bond acceptors (Lipinski definition) is 2. The van der Waals surface area contributed by atoms with Crippen LogP contribution in [0.4, 0.5) is 4.39 Å². The quantitative estimate of drug-likeness (QED) is 0.850. The molecule has 0 heterocycles. The van der Waals surface area contributed by atoms with Gasteiger partial charge in [0.15, 0.2) is 0 Å². The molecule has 4 heteroatoms. The first-order valence-corrected chi connectivity index (χ1v) is 4.92. The largest absolute Gasteiger partial charge is 0.495 e. The third kappa shape index (κ3) is 2.24. The van der Waals surface area contributed by atoms with Crippen LogP contribution in [0.25, 0.3) is 0 Å². The molecule has 0 aliphatic heterocycles. The maximum Gasteiger partial charge on any atom is 0.143 e. The molecule has 1 rings (SSSR count). The molecule has 15 heavy (non-hydrogen) atoms. The number of benzene rings is 1. The third-order valence-electron chi connectivity index (χ3n) is 2.25. The fraction of sp³-hybridized carbons (Fsp3) is 0.455. The maximum absolute atomic E-state index is 13.4. The zero-order valence-electron chi connectivity index (χ0n) is 9.19. The standard InChI is InChI=1S/C11H14ClFO2/c1-6-8(13)5-7(12)10(15-4)9(6)11(2,3)14/h5,14H,1-4H3. The molecule has 1 aromatic rings. The lowest BCUT2D eigenvalue weighted by Gasteiger charge is -2.24. The summed E-state index contributed by atoms with van der Waals surface area (Å²) in [5, 5.41) is 10.1. The lowest BCUT2D eigenvalue weighted by molar-refractivity contribution is 0.0745. The molecule has 0 aromatic heterocycles. The molecule has 0 spiro atoms. The van der Waals surface area contributed by atoms with Gasteiger partial charge in [-0.3, -0.25) is 0 Å². The fourth-order valence-corrected chi connectivity index (χ4v) is 1.90. The molecule has 84 valence electrons. The summed E-state index contributed by atoms with van der Waals surface area (Å²) < 4.78 is 18.5. The highest BCUT2D eigenvalue weighted by Gasteiger charge is 2.27. The first-order valence-electron chi connectivity index (χ1n) is 4.54. The monoisotopic (exact) mass is 232 g/mol. The molecule has 1 N–H and O–H groups in total. The van der Waals surface area contributed by atoms with Crippen molar-refractivity contribution in [1.29, 1.82) is 0 Å². The lowest BCUT2D eigenvalue weighted by atomic mass is 9.92. The third-order valence-corrected chi connectivity index (χ3v) is 2.53. The van der Waals surface area contributed by atoms with Crippen LogP contribution in [0.2, 0.25) is 5.02 Å². The Labute approximate surface area is 93.6 Å². The minimum absolute atomic E-state index is 0.165. The molecule has 0 amide bonds. The predicted molar refractivity (Wildman–Crippen MR) is 57.9 cm³/mol. The molecule has 0 radical (unpaired) electrons. The van der Waals surface area contributed by atoms with Gasteiger partial charge in [-0.05, 0) is 32.4 Å². The Hall–Kier alpha value is -0.800. The molecule has 0 aliphatic rings. The average Bonchev–Trinajstić information content (AvgIpc) is 2.08. The van der Waals surface area contributed by atoms with Crippen LogP contribution in [0.5, 0.6) is 5.75 Å². The van der Waals surface area contributed by atoms with Gasteiger partial charge in [-0.25, -0.2) is 4.39 Å². The summed E-state index contributed by atoms with van der Waals surface area (Å²) in [6.07, 6.45) is 0. The Balaban J connectivity index is 3.59. The van der Waals surface area contributed by atoms with Crippen molar-refractivity contribution in [2.75, 3.05) is 7.11 Å². The lowest BCUT2D eigenvalue weighted by Crippen LogP contribution is -2.19. The molecule has 2 nitrogen and oxygen atoms in total. The second kappa shape index (κ2) is 3.99. The van der Waals surface area contributed by atoms with E-state index in [9.17, 15) is 9.50 Å². The highest BCUT2D eigenvalue weighted by atomic mass is 35.5. The minimum atomic E-state index is -1.19. The van der Waals surface area contributed by atoms with E-state index in [1.165, 1.54) is 13.2 Å². The summed E-state index contributed by atoms with van der Waals surface area (Å²) >= 11 is 5.84. The summed E-state index contributed by atoms with van der Waals surface area (Å²) in [4.78, 5) is 0. The Bertz CT molecular complexity index is 383. The summed E-state index contributed by atoms with van der Waals surface area (Å²) in [6.45, 7) is 4.71. The van der Waals surface area contributed by atoms with Crippen molar-refractivity contribution in [3.05, 3.63) is 28.0 Å². The zero-order valence-corrected chi connectivity index (χ0v) is 9.94. The second-order valence-electron chi connectivity index (χ2n) is 3.93. The van der Waals surface area contributed by atoms with E-state index in [0.717, 1.165) is 0 Å². The van der Waals surface area contributed by atoms with Crippen LogP contribution in [0.1, 0.15) is 25.0 Å². The van der Waals surface area contributed by atoms with Crippen molar-refractivity contribution in [3.8, 4) is 5.75 Å². The number of hydrogen-bond donors (Lipinski definition) is 1. The van der Waals surface area contributed by atoms with E-state index in [2.05, 4.69) is 0 Å². The molecular formula is C11H14ClFO2. The van der Waals surface area contributed by atoms with Crippen molar-refractivity contribution in [2.45, 2.75) is 26.4 Å². The highest BCUT2D eigenvalue weighted by molar-refractivity contribution is 6.32. The van der Waals surface area contributed by atoms with Gasteiger partial charge in [-0.1, -0.05) is 11.6 Å². The predicted octanol–water partition coefficient (Wildman–Crippen LogP) is 3.02. The Morgan fingerprint density at radius 3 is 2.40 bits per heavy atom. The molecule has 0 saturated carbocycles. The van der Waals surface area contributed by atoms with Crippen LogP contribution in [0.15, 0.2) is 6.07 Å². The van der Waals surface area contributed by atoms with Crippen LogP contribution in [0, 0.1) is 12.7 Å². The van der Waals surface area contributed by atoms with Gasteiger partial charge < -0.3 is 9.84 Å². The van der Waals surface area contributed by atoms with Crippen LogP contribution >= 0.6 is 11.6 Å². The number of methoxy groups -OCH3 is 1. The maximum atomic E-state index is 13.4. The van der Waals surface area contributed by atoms with Crippen molar-refractivity contribution < 1.29 is 14.2 Å². The number of halogens is 2. The highest BCUT2D eigenvalue weighted by Crippen LogP contribution is 2.39. The first-order chi connectivity index (χ1) is 6.79. The van der Waals surface area contributed by atoms with E-state index in [1.54, 1.807) is 20.8 Å². The Morgan fingerprint density at radius 2 is 2.00 bits per heavy atom. The van der Waals surface area contributed by atoms with Crippen LogP contribution in [-0.2, 0) is 5.60 Å². The fourth-order valence-electron chi connectivity index (χ4n) is 1.63. The Morgan fingerprint density at radius 1 is 1.47 bits per heavy atom. The average molecular weight is 233 g/mol. The van der Waals surface area contributed by atoms with Gasteiger partial charge in [-0.2, -0.15) is 0 Å². The van der Waals surface area contributed by atoms with E-state index in [1.807, 2.05) is 0 Å². The summed E-state index contributed by atoms with van der Waals surface area (Å²) in [5.41, 5.74) is -0.458. The summed E-state index contributed by atoms with van der Waals surface area (Å²) in [6, 6.07) is 1.19. The molecule has 0 saturated heterocycles. The van der Waals surface area contributed by atoms with Gasteiger partial charge in [0.1, 0.15) is 11.6 Å². The molecule has 0 atom stereocenters. The molecule has 0 aliphatic carbocycles. The van der Waals surface area contributed by atoms with Crippen LogP contribution < -0.4 is 4.74 Å². The SMILES string of the molecule is COc1c(Cl)cc(F)c(C)c1C(C)(C)O. The summed E-state index contributed by atoms with van der Waals surface area (Å²) in [7, 11) is 1.44. The van der Waals surface area contributed by atoms with Crippen molar-refractivity contribution in [3.63, 3.8) is 0 Å². The number of rotatable bonds is 2. The minimum Gasteiger partial charge on any atom is -0.495 e. The molecule has 0 fully saturated rings. The zero-order chi connectivity index (χ0) is 11.8. The van der Waals surface area contributed by atoms with E-state index < -0.39 is 11.4 Å². The van der Waals surface area contributed by atoms with Crippen molar-refractivity contribution >= 4 is 11.6 Å². The van der Waals surface area contributed by atoms with Crippen molar-refractivity contribution in [2.24, 2.45) is 0 Å². The van der Waals surface area contributed by atoms with Gasteiger partial charge >= 0.3 is 0 Å². The number of aliphatic hydroxyl groups is 1. The van der Waals surface area contributed by atoms with Gasteiger partial charge in [0.25, 0.3) is 0 Å². The van der Waals surface area contributed by atoms with E-state index in [-0.39, 0.29) is 5.02 Å². The molecule has 0 bridgehead atoms. The molecule has 1 aromatic carbocycles. The van der Waals surface area contributed by atoms with E-state index in [0.29, 0.717) is 16.9 Å². The van der Waals surface area contributed by atoms with Crippen molar-refractivity contribution in [1.82, 2.24) is 0 Å². The second-order valence-corrected chi connectivity index (χ2v) is 4.34. The Kier molecular flexibility index (Phi) is 3.26. The summed E-state index contributed by atoms with van der Waals surface area (Å²) in [5.74, 6) is -0.124. The normalized spacial score (nSPS) is 11.7. The first kappa shape index (κ1) is 12.3. The van der Waals surface area contributed by atoms with E-state index >= 15 is 0 Å². The van der Waals surface area contributed by atoms with Gasteiger partial charge in [0.2, 0.25) is 0 Å². The van der Waals surface area contributed by atoms with Crippen LogP contribution in [0.3, 0.4) is 0 Å². The van der Waals surface area contributed by atoms with Crippen LogP contribution in [-0.4, -0.2) is 12.2 Å². The van der Waals surface area contributed by atoms with E-state index in [4.69, 9.17) is 16.3 Å². The van der Waals surface area contributed by atoms with Gasteiger partial charge in [-0.15, -0.1) is 0 Å². The smallest absolute Gasteiger partial charge is 0.143 e. The molecule has 0 unspecified atom stereocenters. The van der Waals surface area contributed by atoms with Gasteiger partial charge in [0, 0.05) is 5.56 Å². The number of ether oxygens (including phenoxy) is 1. The molecular weight excluding hydrogens is 219 g/mol.